The topological polar surface area (TPSA) is 152 Å². The number of amides is 2. The molecule has 5 N–H and O–H groups in total. The minimum Gasteiger partial charge on any atom is -0.480 e. The summed E-state index contributed by atoms with van der Waals surface area (Å²) in [6.07, 6.45) is 1.34. The van der Waals surface area contributed by atoms with Gasteiger partial charge in [0.25, 0.3) is 0 Å². The summed E-state index contributed by atoms with van der Waals surface area (Å²) in [7, 11) is 0. The van der Waals surface area contributed by atoms with E-state index in [-0.39, 0.29) is 23.4 Å². The number of ketones is 1. The molecule has 1 atom stereocenters. The van der Waals surface area contributed by atoms with Gasteiger partial charge in [-0.05, 0) is 30.0 Å². The molecule has 0 saturated heterocycles. The van der Waals surface area contributed by atoms with E-state index in [1.807, 2.05) is 13.8 Å². The zero-order valence-corrected chi connectivity index (χ0v) is 18.3. The lowest BCUT2D eigenvalue weighted by atomic mass is 10.0. The number of hydrogen-bond donors (Lipinski definition) is 4. The van der Waals surface area contributed by atoms with E-state index >= 15 is 0 Å². The number of fused-ring (bicyclic) bond motifs is 1. The molecule has 2 amide bonds. The molecule has 3 aromatic rings. The minimum atomic E-state index is -1.12. The number of aliphatic carboxylic acids is 1. The molecule has 0 unspecified atom stereocenters. The fourth-order valence-corrected chi connectivity index (χ4v) is 3.39. The van der Waals surface area contributed by atoms with Crippen LogP contribution in [0.25, 0.3) is 5.52 Å². The molecular formula is C22H26N6O4. The Balaban J connectivity index is 1.90. The molecule has 1 aromatic carbocycles. The van der Waals surface area contributed by atoms with Crippen molar-refractivity contribution in [3.63, 3.8) is 0 Å². The molecular weight excluding hydrogens is 412 g/mol. The molecule has 3 rings (SSSR count). The number of carbonyl (C=O) groups is 3. The number of rotatable bonds is 7. The summed E-state index contributed by atoms with van der Waals surface area (Å²) in [5.74, 6) is -1.43. The van der Waals surface area contributed by atoms with E-state index in [0.717, 1.165) is 5.69 Å². The van der Waals surface area contributed by atoms with Crippen molar-refractivity contribution < 1.29 is 19.5 Å². The second kappa shape index (κ2) is 9.04. The first kappa shape index (κ1) is 22.7. The van der Waals surface area contributed by atoms with Crippen LogP contribution in [0.5, 0.6) is 0 Å². The number of aromatic nitrogens is 3. The number of carbonyl (C=O) groups excluding carboxylic acids is 2. The largest absolute Gasteiger partial charge is 0.480 e. The second-order valence-corrected chi connectivity index (χ2v) is 8.11. The minimum absolute atomic E-state index is 0.0955. The van der Waals surface area contributed by atoms with Crippen molar-refractivity contribution in [2.75, 3.05) is 11.1 Å². The van der Waals surface area contributed by atoms with E-state index in [9.17, 15) is 19.5 Å². The maximum atomic E-state index is 13.3. The molecule has 0 saturated carbocycles. The quantitative estimate of drug-likeness (QED) is 0.414. The molecule has 0 fully saturated rings. The summed E-state index contributed by atoms with van der Waals surface area (Å²) in [4.78, 5) is 40.9. The molecule has 0 spiro atoms. The monoisotopic (exact) mass is 438 g/mol. The maximum Gasteiger partial charge on any atom is 0.326 e. The first-order valence-electron chi connectivity index (χ1n) is 10.2. The highest BCUT2D eigenvalue weighted by atomic mass is 16.4. The van der Waals surface area contributed by atoms with Crippen LogP contribution in [-0.4, -0.2) is 43.5 Å². The molecule has 2 aromatic heterocycles. The van der Waals surface area contributed by atoms with Crippen molar-refractivity contribution in [3.8, 4) is 0 Å². The Morgan fingerprint density at radius 3 is 2.47 bits per heavy atom. The lowest BCUT2D eigenvalue weighted by molar-refractivity contribution is -0.140. The van der Waals surface area contributed by atoms with Crippen LogP contribution in [0.2, 0.25) is 0 Å². The number of nitrogen functional groups attached to an aromatic ring is 1. The Morgan fingerprint density at radius 1 is 1.12 bits per heavy atom. The summed E-state index contributed by atoms with van der Waals surface area (Å²) in [5, 5.41) is 18.5. The summed E-state index contributed by atoms with van der Waals surface area (Å²) >= 11 is 0. The number of nitrogens with one attached hydrogen (secondary N) is 2. The molecule has 0 aliphatic rings. The van der Waals surface area contributed by atoms with Gasteiger partial charge in [0.05, 0.1) is 5.56 Å². The third kappa shape index (κ3) is 4.53. The third-order valence-corrected chi connectivity index (χ3v) is 5.05. The Morgan fingerprint density at radius 2 is 1.84 bits per heavy atom. The van der Waals surface area contributed by atoms with Crippen LogP contribution in [0.3, 0.4) is 0 Å². The van der Waals surface area contributed by atoms with Gasteiger partial charge in [0.1, 0.15) is 17.9 Å². The summed E-state index contributed by atoms with van der Waals surface area (Å²) < 4.78 is 1.62. The maximum absolute atomic E-state index is 13.3. The average Bonchev–Trinajstić information content (AvgIpc) is 3.12. The van der Waals surface area contributed by atoms with Gasteiger partial charge >= 0.3 is 12.0 Å². The Kier molecular flexibility index (Phi) is 6.42. The van der Waals surface area contributed by atoms with Crippen molar-refractivity contribution >= 4 is 34.8 Å². The molecule has 168 valence electrons. The summed E-state index contributed by atoms with van der Waals surface area (Å²) in [6, 6.07) is 6.41. The SMILES string of the molecule is CC(C)c1cc(C(=O)c2cccc(NC(=O)N[C@H](C(=O)O)C(C)C)c2)c2c(N)ncnn12. The van der Waals surface area contributed by atoms with Crippen LogP contribution in [0.15, 0.2) is 36.7 Å². The van der Waals surface area contributed by atoms with Gasteiger partial charge in [-0.2, -0.15) is 5.10 Å². The summed E-state index contributed by atoms with van der Waals surface area (Å²) in [5.41, 5.74) is 8.32. The Bertz CT molecular complexity index is 1180. The number of nitrogens with zero attached hydrogens (tertiary/aromatic N) is 3. The first-order chi connectivity index (χ1) is 15.1. The van der Waals surface area contributed by atoms with Gasteiger partial charge in [0.2, 0.25) is 0 Å². The van der Waals surface area contributed by atoms with E-state index in [4.69, 9.17) is 5.73 Å². The van der Waals surface area contributed by atoms with Gasteiger partial charge in [0, 0.05) is 16.9 Å². The molecule has 0 radical (unpaired) electrons. The number of anilines is 2. The van der Waals surface area contributed by atoms with E-state index < -0.39 is 18.0 Å². The fraction of sp³-hybridized carbons (Fsp3) is 0.318. The van der Waals surface area contributed by atoms with Crippen LogP contribution < -0.4 is 16.4 Å². The van der Waals surface area contributed by atoms with Gasteiger partial charge in [-0.1, -0.05) is 39.8 Å². The molecule has 0 aliphatic carbocycles. The van der Waals surface area contributed by atoms with Crippen molar-refractivity contribution in [1.29, 1.82) is 0 Å². The molecule has 0 bridgehead atoms. The Labute approximate surface area is 184 Å². The zero-order chi connectivity index (χ0) is 23.6. The zero-order valence-electron chi connectivity index (χ0n) is 18.3. The fourth-order valence-electron chi connectivity index (χ4n) is 3.39. The van der Waals surface area contributed by atoms with Gasteiger partial charge in [0.15, 0.2) is 11.6 Å². The molecule has 32 heavy (non-hydrogen) atoms. The predicted molar refractivity (Wildman–Crippen MR) is 120 cm³/mol. The standard InChI is InChI=1S/C22H26N6O4/c1-11(2)16-9-15(18-20(23)24-10-25-28(16)18)19(29)13-6-5-7-14(8-13)26-22(32)27-17(12(3)4)21(30)31/h5-12,17H,1-4H3,(H,30,31)(H2,23,24,25)(H2,26,27,32)/t17-/m0/s1. The van der Waals surface area contributed by atoms with E-state index in [1.165, 1.54) is 12.4 Å². The van der Waals surface area contributed by atoms with Crippen LogP contribution in [-0.2, 0) is 4.79 Å². The second-order valence-electron chi connectivity index (χ2n) is 8.11. The van der Waals surface area contributed by atoms with Crippen molar-refractivity contribution in [1.82, 2.24) is 19.9 Å². The number of carboxylic acids is 1. The average molecular weight is 438 g/mol. The molecule has 10 heteroatoms. The smallest absolute Gasteiger partial charge is 0.326 e. The van der Waals surface area contributed by atoms with Crippen LogP contribution >= 0.6 is 0 Å². The number of hydrogen-bond acceptors (Lipinski definition) is 6. The van der Waals surface area contributed by atoms with Crippen molar-refractivity contribution in [2.45, 2.75) is 39.7 Å². The molecule has 2 heterocycles. The van der Waals surface area contributed by atoms with Crippen LogP contribution in [0, 0.1) is 5.92 Å². The van der Waals surface area contributed by atoms with E-state index in [1.54, 1.807) is 42.6 Å². The van der Waals surface area contributed by atoms with Gasteiger partial charge in [-0.15, -0.1) is 0 Å². The van der Waals surface area contributed by atoms with E-state index in [0.29, 0.717) is 22.3 Å². The van der Waals surface area contributed by atoms with Gasteiger partial charge < -0.3 is 21.5 Å². The van der Waals surface area contributed by atoms with Crippen LogP contribution in [0.4, 0.5) is 16.3 Å². The summed E-state index contributed by atoms with van der Waals surface area (Å²) in [6.45, 7) is 7.36. The number of carboxylic acid groups (broad SMARTS) is 1. The number of nitrogens with two attached hydrogens (primary N) is 1. The first-order valence-corrected chi connectivity index (χ1v) is 10.2. The highest BCUT2D eigenvalue weighted by Crippen LogP contribution is 2.27. The lowest BCUT2D eigenvalue weighted by Crippen LogP contribution is -2.46. The molecule has 0 aliphatic heterocycles. The third-order valence-electron chi connectivity index (χ3n) is 5.05. The highest BCUT2D eigenvalue weighted by Gasteiger charge is 2.24. The van der Waals surface area contributed by atoms with Crippen molar-refractivity contribution in [2.24, 2.45) is 5.92 Å². The van der Waals surface area contributed by atoms with Crippen molar-refractivity contribution in [3.05, 3.63) is 53.5 Å². The van der Waals surface area contributed by atoms with Gasteiger partial charge in [-0.25, -0.2) is 19.1 Å². The van der Waals surface area contributed by atoms with E-state index in [2.05, 4.69) is 20.7 Å². The lowest BCUT2D eigenvalue weighted by Gasteiger charge is -2.18. The molecule has 10 nitrogen and oxygen atoms in total. The highest BCUT2D eigenvalue weighted by molar-refractivity contribution is 6.15. The Hall–Kier alpha value is -3.95. The predicted octanol–water partition coefficient (Wildman–Crippen LogP) is 2.90. The van der Waals surface area contributed by atoms with Crippen LogP contribution in [0.1, 0.15) is 55.2 Å². The number of benzene rings is 1. The number of urea groups is 1. The normalized spacial score (nSPS) is 12.2. The van der Waals surface area contributed by atoms with Gasteiger partial charge in [-0.3, -0.25) is 4.79 Å².